The quantitative estimate of drug-likeness (QED) is 0.933. The van der Waals surface area contributed by atoms with Crippen LogP contribution in [0, 0.1) is 6.92 Å². The molecule has 3 rings (SSSR count). The molecule has 2 aromatic rings. The molecule has 7 heteroatoms. The maximum Gasteiger partial charge on any atom is 0.271 e. The van der Waals surface area contributed by atoms with Gasteiger partial charge in [-0.1, -0.05) is 0 Å². The molecule has 0 radical (unpaired) electrons. The van der Waals surface area contributed by atoms with Crippen molar-refractivity contribution in [3.63, 3.8) is 0 Å². The molecule has 1 N–H and O–H groups in total. The van der Waals surface area contributed by atoms with Crippen LogP contribution in [0.5, 0.6) is 0 Å². The highest BCUT2D eigenvalue weighted by Gasteiger charge is 2.23. The predicted octanol–water partition coefficient (Wildman–Crippen LogP) is 1.64. The number of carbonyl (C=O) groups is 1. The fourth-order valence-corrected chi connectivity index (χ4v) is 3.23. The van der Waals surface area contributed by atoms with E-state index in [0.29, 0.717) is 5.69 Å². The molecule has 1 unspecified atom stereocenters. The van der Waals surface area contributed by atoms with Gasteiger partial charge in [0.1, 0.15) is 5.69 Å². The van der Waals surface area contributed by atoms with Gasteiger partial charge < -0.3 is 10.2 Å². The third-order valence-corrected chi connectivity index (χ3v) is 4.41. The summed E-state index contributed by atoms with van der Waals surface area (Å²) in [6.45, 7) is 3.84. The Morgan fingerprint density at radius 1 is 1.38 bits per heavy atom. The van der Waals surface area contributed by atoms with Crippen LogP contribution >= 0.6 is 11.3 Å². The molecule has 21 heavy (non-hydrogen) atoms. The van der Waals surface area contributed by atoms with Crippen LogP contribution in [-0.4, -0.2) is 40.0 Å². The van der Waals surface area contributed by atoms with Crippen LogP contribution in [0.15, 0.2) is 24.8 Å². The van der Waals surface area contributed by atoms with E-state index in [1.54, 1.807) is 17.5 Å². The molecule has 1 aliphatic rings. The molecule has 6 nitrogen and oxygen atoms in total. The number of anilines is 1. The van der Waals surface area contributed by atoms with E-state index in [2.05, 4.69) is 32.1 Å². The smallest absolute Gasteiger partial charge is 0.271 e. The highest BCUT2D eigenvalue weighted by molar-refractivity contribution is 7.15. The van der Waals surface area contributed by atoms with Gasteiger partial charge in [0.15, 0.2) is 5.13 Å². The van der Waals surface area contributed by atoms with E-state index >= 15 is 0 Å². The standard InChI is InChI=1S/C14H17N5OS/c1-10-7-17-14(21-10)19-6-2-3-11(9-19)18-13(20)12-8-15-4-5-16-12/h4-5,7-8,11H,2-3,6,9H2,1H3,(H,18,20). The first-order valence-corrected chi connectivity index (χ1v) is 7.78. The second-order valence-electron chi connectivity index (χ2n) is 5.10. The average Bonchev–Trinajstić information content (AvgIpc) is 2.95. The molecule has 2 aromatic heterocycles. The van der Waals surface area contributed by atoms with Crippen LogP contribution in [0.1, 0.15) is 28.2 Å². The summed E-state index contributed by atoms with van der Waals surface area (Å²) >= 11 is 1.69. The maximum atomic E-state index is 12.1. The Hall–Kier alpha value is -2.02. The third kappa shape index (κ3) is 3.36. The van der Waals surface area contributed by atoms with Crippen molar-refractivity contribution < 1.29 is 4.79 Å². The summed E-state index contributed by atoms with van der Waals surface area (Å²) < 4.78 is 0. The summed E-state index contributed by atoms with van der Waals surface area (Å²) in [6.07, 6.45) is 8.49. The number of hydrogen-bond donors (Lipinski definition) is 1. The molecular weight excluding hydrogens is 286 g/mol. The zero-order chi connectivity index (χ0) is 14.7. The number of aromatic nitrogens is 3. The summed E-state index contributed by atoms with van der Waals surface area (Å²) in [4.78, 5) is 27.9. The van der Waals surface area contributed by atoms with Crippen molar-refractivity contribution in [1.82, 2.24) is 20.3 Å². The van der Waals surface area contributed by atoms with Crippen molar-refractivity contribution in [2.24, 2.45) is 0 Å². The normalized spacial score (nSPS) is 18.5. The maximum absolute atomic E-state index is 12.1. The van der Waals surface area contributed by atoms with Crippen molar-refractivity contribution >= 4 is 22.4 Å². The van der Waals surface area contributed by atoms with Gasteiger partial charge in [-0.2, -0.15) is 0 Å². The topological polar surface area (TPSA) is 71.0 Å². The van der Waals surface area contributed by atoms with E-state index in [1.807, 2.05) is 6.20 Å². The lowest BCUT2D eigenvalue weighted by Gasteiger charge is -2.32. The van der Waals surface area contributed by atoms with Crippen LogP contribution in [0.4, 0.5) is 5.13 Å². The van der Waals surface area contributed by atoms with Gasteiger partial charge in [-0.15, -0.1) is 11.3 Å². The van der Waals surface area contributed by atoms with Gasteiger partial charge in [-0.05, 0) is 19.8 Å². The van der Waals surface area contributed by atoms with Gasteiger partial charge in [0.25, 0.3) is 5.91 Å². The van der Waals surface area contributed by atoms with Gasteiger partial charge in [0.05, 0.1) is 6.20 Å². The molecule has 3 heterocycles. The second kappa shape index (κ2) is 6.17. The van der Waals surface area contributed by atoms with E-state index in [0.717, 1.165) is 31.1 Å². The van der Waals surface area contributed by atoms with Gasteiger partial charge in [0, 0.05) is 42.6 Å². The number of amides is 1. The Morgan fingerprint density at radius 2 is 2.29 bits per heavy atom. The van der Waals surface area contributed by atoms with Crippen LogP contribution in [0.25, 0.3) is 0 Å². The minimum Gasteiger partial charge on any atom is -0.346 e. The molecular formula is C14H17N5OS. The number of carbonyl (C=O) groups excluding carboxylic acids is 1. The molecule has 0 aliphatic carbocycles. The number of aryl methyl sites for hydroxylation is 1. The minimum absolute atomic E-state index is 0.123. The van der Waals surface area contributed by atoms with E-state index in [-0.39, 0.29) is 11.9 Å². The largest absolute Gasteiger partial charge is 0.346 e. The lowest BCUT2D eigenvalue weighted by atomic mass is 10.1. The molecule has 1 saturated heterocycles. The molecule has 0 saturated carbocycles. The number of thiazole rings is 1. The second-order valence-corrected chi connectivity index (χ2v) is 6.32. The van der Waals surface area contributed by atoms with Crippen LogP contribution in [0.3, 0.4) is 0 Å². The molecule has 1 aliphatic heterocycles. The van der Waals surface area contributed by atoms with Crippen LogP contribution < -0.4 is 10.2 Å². The molecule has 110 valence electrons. The number of hydrogen-bond acceptors (Lipinski definition) is 6. The first-order chi connectivity index (χ1) is 10.2. The first-order valence-electron chi connectivity index (χ1n) is 6.96. The Balaban J connectivity index is 1.63. The van der Waals surface area contributed by atoms with Crippen molar-refractivity contribution in [3.05, 3.63) is 35.4 Å². The molecule has 1 atom stereocenters. The van der Waals surface area contributed by atoms with E-state index in [1.165, 1.54) is 17.3 Å². The monoisotopic (exact) mass is 303 g/mol. The van der Waals surface area contributed by atoms with Crippen molar-refractivity contribution in [3.8, 4) is 0 Å². The summed E-state index contributed by atoms with van der Waals surface area (Å²) in [7, 11) is 0. The summed E-state index contributed by atoms with van der Waals surface area (Å²) in [5, 5.41) is 4.07. The van der Waals surface area contributed by atoms with E-state index < -0.39 is 0 Å². The zero-order valence-electron chi connectivity index (χ0n) is 11.8. The van der Waals surface area contributed by atoms with Gasteiger partial charge in [0.2, 0.25) is 0 Å². The lowest BCUT2D eigenvalue weighted by Crippen LogP contribution is -2.48. The minimum atomic E-state index is -0.162. The summed E-state index contributed by atoms with van der Waals surface area (Å²) in [5.41, 5.74) is 0.361. The number of piperidine rings is 1. The molecule has 0 spiro atoms. The fourth-order valence-electron chi connectivity index (χ4n) is 2.43. The molecule has 0 bridgehead atoms. The van der Waals surface area contributed by atoms with Crippen molar-refractivity contribution in [2.45, 2.75) is 25.8 Å². The first kappa shape index (κ1) is 13.9. The van der Waals surface area contributed by atoms with E-state index in [9.17, 15) is 4.79 Å². The Kier molecular flexibility index (Phi) is 4.10. The number of nitrogens with zero attached hydrogens (tertiary/aromatic N) is 4. The van der Waals surface area contributed by atoms with Gasteiger partial charge in [-0.3, -0.25) is 9.78 Å². The number of nitrogens with one attached hydrogen (secondary N) is 1. The SMILES string of the molecule is Cc1cnc(N2CCCC(NC(=O)c3cnccn3)C2)s1. The Bertz CT molecular complexity index is 615. The van der Waals surface area contributed by atoms with Crippen LogP contribution in [-0.2, 0) is 0 Å². The predicted molar refractivity (Wildman–Crippen MR) is 81.6 cm³/mol. The number of rotatable bonds is 3. The Labute approximate surface area is 127 Å². The van der Waals surface area contributed by atoms with Crippen molar-refractivity contribution in [2.75, 3.05) is 18.0 Å². The molecule has 1 fully saturated rings. The lowest BCUT2D eigenvalue weighted by molar-refractivity contribution is 0.0927. The highest BCUT2D eigenvalue weighted by atomic mass is 32.1. The summed E-state index contributed by atoms with van der Waals surface area (Å²) in [6, 6.07) is 0.123. The fraction of sp³-hybridized carbons (Fsp3) is 0.429. The van der Waals surface area contributed by atoms with Gasteiger partial charge >= 0.3 is 0 Å². The molecule has 0 aromatic carbocycles. The third-order valence-electron chi connectivity index (χ3n) is 3.43. The van der Waals surface area contributed by atoms with Gasteiger partial charge in [-0.25, -0.2) is 9.97 Å². The summed E-state index contributed by atoms with van der Waals surface area (Å²) in [5.74, 6) is -0.162. The average molecular weight is 303 g/mol. The van der Waals surface area contributed by atoms with Crippen LogP contribution in [0.2, 0.25) is 0 Å². The van der Waals surface area contributed by atoms with Crippen molar-refractivity contribution in [1.29, 1.82) is 0 Å². The highest BCUT2D eigenvalue weighted by Crippen LogP contribution is 2.24. The van der Waals surface area contributed by atoms with E-state index in [4.69, 9.17) is 0 Å². The Morgan fingerprint density at radius 3 is 3.00 bits per heavy atom. The zero-order valence-corrected chi connectivity index (χ0v) is 12.6. The molecule has 1 amide bonds.